The molecule has 2 aromatic rings. The molecular formula is C19H21F3N2O4S. The largest absolute Gasteiger partial charge is 0.496 e. The average molecular weight is 430 g/mol. The lowest BCUT2D eigenvalue weighted by molar-refractivity contribution is -0.139. The zero-order valence-corrected chi connectivity index (χ0v) is 16.9. The van der Waals surface area contributed by atoms with Crippen molar-refractivity contribution in [1.82, 2.24) is 4.90 Å². The summed E-state index contributed by atoms with van der Waals surface area (Å²) in [5.74, 6) is 0.778. The SMILES string of the molecule is COc1ccc(NS(=O)(=O)c2ccccc2C(F)(F)F)c2c1C[C@@H](N(C)C)CO2. The molecule has 10 heteroatoms. The zero-order chi connectivity index (χ0) is 21.4. The van der Waals surface area contributed by atoms with Crippen LogP contribution in [0.5, 0.6) is 11.5 Å². The normalized spacial score (nSPS) is 16.9. The molecule has 1 N–H and O–H groups in total. The third kappa shape index (κ3) is 4.27. The lowest BCUT2D eigenvalue weighted by atomic mass is 10.00. The summed E-state index contributed by atoms with van der Waals surface area (Å²) in [6.45, 7) is 0.307. The smallest absolute Gasteiger partial charge is 0.417 e. The molecule has 2 aromatic carbocycles. The molecule has 6 nitrogen and oxygen atoms in total. The van der Waals surface area contributed by atoms with Crippen LogP contribution in [0.15, 0.2) is 41.3 Å². The molecule has 0 amide bonds. The number of rotatable bonds is 5. The van der Waals surface area contributed by atoms with Crippen LogP contribution in [0.4, 0.5) is 18.9 Å². The van der Waals surface area contributed by atoms with Crippen molar-refractivity contribution >= 4 is 15.7 Å². The lowest BCUT2D eigenvalue weighted by Crippen LogP contribution is -2.38. The number of anilines is 1. The third-order valence-corrected chi connectivity index (χ3v) is 6.18. The molecule has 1 atom stereocenters. The molecule has 0 radical (unpaired) electrons. The Balaban J connectivity index is 2.03. The van der Waals surface area contributed by atoms with Crippen molar-refractivity contribution in [2.24, 2.45) is 0 Å². The summed E-state index contributed by atoms with van der Waals surface area (Å²) in [4.78, 5) is 1.12. The van der Waals surface area contributed by atoms with E-state index in [2.05, 4.69) is 4.72 Å². The fourth-order valence-corrected chi connectivity index (χ4v) is 4.47. The minimum Gasteiger partial charge on any atom is -0.496 e. The van der Waals surface area contributed by atoms with Crippen LogP contribution in [0.3, 0.4) is 0 Å². The molecule has 0 bridgehead atoms. The van der Waals surface area contributed by atoms with Gasteiger partial charge in [-0.25, -0.2) is 8.42 Å². The molecule has 0 aliphatic carbocycles. The van der Waals surface area contributed by atoms with Crippen molar-refractivity contribution < 1.29 is 31.1 Å². The molecular weight excluding hydrogens is 409 g/mol. The molecule has 0 saturated heterocycles. The molecule has 1 aliphatic rings. The summed E-state index contributed by atoms with van der Waals surface area (Å²) < 4.78 is 78.7. The maximum Gasteiger partial charge on any atom is 0.417 e. The second kappa shape index (κ2) is 7.75. The van der Waals surface area contributed by atoms with E-state index in [0.717, 1.165) is 18.2 Å². The van der Waals surface area contributed by atoms with Gasteiger partial charge in [-0.1, -0.05) is 12.1 Å². The van der Waals surface area contributed by atoms with Crippen molar-refractivity contribution in [2.75, 3.05) is 32.5 Å². The standard InChI is InChI=1S/C19H21F3N2O4S/c1-24(2)12-10-13-16(27-3)9-8-15(18(13)28-11-12)23-29(25,26)17-7-5-4-6-14(17)19(20,21)22/h4-9,12,23H,10-11H2,1-3H3/t12-/m1/s1. The maximum absolute atomic E-state index is 13.3. The van der Waals surface area contributed by atoms with Gasteiger partial charge in [0.2, 0.25) is 0 Å². The molecule has 0 fully saturated rings. The highest BCUT2D eigenvalue weighted by Crippen LogP contribution is 2.41. The number of nitrogens with zero attached hydrogens (tertiary/aromatic N) is 1. The number of methoxy groups -OCH3 is 1. The predicted octanol–water partition coefficient (Wildman–Crippen LogP) is 3.38. The Bertz CT molecular complexity index is 1010. The maximum atomic E-state index is 13.3. The van der Waals surface area contributed by atoms with Crippen LogP contribution in [0, 0.1) is 0 Å². The number of sulfonamides is 1. The summed E-state index contributed by atoms with van der Waals surface area (Å²) in [7, 11) is 0.763. The van der Waals surface area contributed by atoms with Crippen molar-refractivity contribution in [2.45, 2.75) is 23.5 Å². The van der Waals surface area contributed by atoms with Crippen LogP contribution in [0.1, 0.15) is 11.1 Å². The van der Waals surface area contributed by atoms with Crippen LogP contribution in [0.2, 0.25) is 0 Å². The van der Waals surface area contributed by atoms with Crippen LogP contribution in [-0.4, -0.2) is 47.2 Å². The first-order valence-corrected chi connectivity index (χ1v) is 10.2. The van der Waals surface area contributed by atoms with Gasteiger partial charge in [0.05, 0.1) is 23.3 Å². The van der Waals surface area contributed by atoms with Crippen LogP contribution >= 0.6 is 0 Å². The zero-order valence-electron chi connectivity index (χ0n) is 16.1. The second-order valence-electron chi connectivity index (χ2n) is 6.86. The van der Waals surface area contributed by atoms with Crippen LogP contribution in [-0.2, 0) is 22.6 Å². The number of alkyl halides is 3. The fourth-order valence-electron chi connectivity index (χ4n) is 3.18. The first-order valence-electron chi connectivity index (χ1n) is 8.72. The Morgan fingerprint density at radius 3 is 2.48 bits per heavy atom. The van der Waals surface area contributed by atoms with E-state index in [4.69, 9.17) is 9.47 Å². The van der Waals surface area contributed by atoms with Crippen LogP contribution in [0.25, 0.3) is 0 Å². The van der Waals surface area contributed by atoms with E-state index in [1.54, 1.807) is 6.07 Å². The highest BCUT2D eigenvalue weighted by Gasteiger charge is 2.37. The minimum absolute atomic E-state index is 0.0502. The van der Waals surface area contributed by atoms with Gasteiger partial charge in [-0.15, -0.1) is 0 Å². The Labute approximate surface area is 167 Å². The number of hydrogen-bond acceptors (Lipinski definition) is 5. The molecule has 1 heterocycles. The van der Waals surface area contributed by atoms with Gasteiger partial charge in [0.1, 0.15) is 18.1 Å². The molecule has 0 unspecified atom stereocenters. The quantitative estimate of drug-likeness (QED) is 0.788. The van der Waals surface area contributed by atoms with Crippen molar-refractivity contribution in [3.05, 3.63) is 47.5 Å². The summed E-state index contributed by atoms with van der Waals surface area (Å²) in [5.41, 5.74) is -0.514. The number of ether oxygens (including phenoxy) is 2. The van der Waals surface area contributed by atoms with Gasteiger partial charge < -0.3 is 14.4 Å². The summed E-state index contributed by atoms with van der Waals surface area (Å²) >= 11 is 0. The Kier molecular flexibility index (Phi) is 5.68. The molecule has 1 aliphatic heterocycles. The summed E-state index contributed by atoms with van der Waals surface area (Å²) in [6, 6.07) is 7.07. The monoisotopic (exact) mass is 430 g/mol. The molecule has 0 saturated carbocycles. The first-order chi connectivity index (χ1) is 13.5. The second-order valence-corrected chi connectivity index (χ2v) is 8.51. The van der Waals surface area contributed by atoms with E-state index in [1.165, 1.54) is 19.2 Å². The van der Waals surface area contributed by atoms with Gasteiger partial charge in [0.15, 0.2) is 0 Å². The van der Waals surface area contributed by atoms with Gasteiger partial charge in [-0.3, -0.25) is 4.72 Å². The molecule has 29 heavy (non-hydrogen) atoms. The summed E-state index contributed by atoms with van der Waals surface area (Å²) in [5, 5.41) is 0. The number of hydrogen-bond donors (Lipinski definition) is 1. The van der Waals surface area contributed by atoms with E-state index < -0.39 is 26.7 Å². The van der Waals surface area contributed by atoms with Gasteiger partial charge >= 0.3 is 6.18 Å². The Hall–Kier alpha value is -2.46. The number of fused-ring (bicyclic) bond motifs is 1. The summed E-state index contributed by atoms with van der Waals surface area (Å²) in [6.07, 6.45) is -4.26. The lowest BCUT2D eigenvalue weighted by Gasteiger charge is -2.32. The highest BCUT2D eigenvalue weighted by molar-refractivity contribution is 7.92. The fraction of sp³-hybridized carbons (Fsp3) is 0.368. The number of halogens is 3. The third-order valence-electron chi connectivity index (χ3n) is 4.75. The molecule has 3 rings (SSSR count). The van der Waals surface area contributed by atoms with E-state index in [0.29, 0.717) is 24.3 Å². The molecule has 0 aromatic heterocycles. The van der Waals surface area contributed by atoms with Gasteiger partial charge in [0.25, 0.3) is 10.0 Å². The van der Waals surface area contributed by atoms with Crippen molar-refractivity contribution in [1.29, 1.82) is 0 Å². The van der Waals surface area contributed by atoms with E-state index >= 15 is 0 Å². The van der Waals surface area contributed by atoms with Crippen molar-refractivity contribution in [3.8, 4) is 11.5 Å². The van der Waals surface area contributed by atoms with Crippen molar-refractivity contribution in [3.63, 3.8) is 0 Å². The van der Waals surface area contributed by atoms with E-state index in [1.807, 2.05) is 19.0 Å². The number of benzene rings is 2. The number of nitrogens with one attached hydrogen (secondary N) is 1. The first kappa shape index (κ1) is 21.3. The van der Waals surface area contributed by atoms with Crippen LogP contribution < -0.4 is 14.2 Å². The van der Waals surface area contributed by atoms with Gasteiger partial charge in [-0.05, 0) is 44.8 Å². The van der Waals surface area contributed by atoms with Gasteiger partial charge in [-0.2, -0.15) is 13.2 Å². The Morgan fingerprint density at radius 2 is 1.86 bits per heavy atom. The Morgan fingerprint density at radius 1 is 1.17 bits per heavy atom. The highest BCUT2D eigenvalue weighted by atomic mass is 32.2. The predicted molar refractivity (Wildman–Crippen MR) is 102 cm³/mol. The molecule has 0 spiro atoms. The average Bonchev–Trinajstić information content (AvgIpc) is 2.67. The molecule has 158 valence electrons. The topological polar surface area (TPSA) is 67.9 Å². The minimum atomic E-state index is -4.81. The van der Waals surface area contributed by atoms with E-state index in [-0.39, 0.29) is 17.5 Å². The number of likely N-dealkylation sites (N-methyl/N-ethyl adjacent to an activating group) is 1. The van der Waals surface area contributed by atoms with Gasteiger partial charge in [0, 0.05) is 11.6 Å². The van der Waals surface area contributed by atoms with E-state index in [9.17, 15) is 21.6 Å².